The Morgan fingerprint density at radius 1 is 1.53 bits per heavy atom. The van der Waals surface area contributed by atoms with Crippen molar-refractivity contribution in [1.29, 1.82) is 0 Å². The van der Waals surface area contributed by atoms with Crippen LogP contribution in [0.1, 0.15) is 33.1 Å². The first-order valence-corrected chi connectivity index (χ1v) is 5.38. The smallest absolute Gasteiger partial charge is 0.235 e. The number of carbonyl (C=O) groups excluding carboxylic acids is 2. The number of nitrogens with two attached hydrogens (primary N) is 1. The lowest BCUT2D eigenvalue weighted by Gasteiger charge is -2.17. The second-order valence-electron chi connectivity index (χ2n) is 4.48. The number of nitrogens with zero attached hydrogens (tertiary/aromatic N) is 1. The molecule has 1 fully saturated rings. The van der Waals surface area contributed by atoms with Crippen LogP contribution >= 0.6 is 12.2 Å². The molecule has 84 valence electrons. The van der Waals surface area contributed by atoms with Gasteiger partial charge in [-0.1, -0.05) is 26.1 Å². The highest BCUT2D eigenvalue weighted by Crippen LogP contribution is 2.31. The van der Waals surface area contributed by atoms with Crippen LogP contribution in [0.3, 0.4) is 0 Å². The molecule has 2 N–H and O–H groups in total. The van der Waals surface area contributed by atoms with E-state index in [1.807, 2.05) is 0 Å². The summed E-state index contributed by atoms with van der Waals surface area (Å²) < 4.78 is 0. The van der Waals surface area contributed by atoms with E-state index >= 15 is 0 Å². The molecule has 1 rings (SSSR count). The number of carbonyl (C=O) groups is 2. The van der Waals surface area contributed by atoms with Gasteiger partial charge in [-0.3, -0.25) is 14.5 Å². The number of likely N-dealkylation sites (tertiary alicyclic amines) is 1. The van der Waals surface area contributed by atoms with Crippen molar-refractivity contribution in [2.24, 2.45) is 11.1 Å². The molecule has 2 amide bonds. The molecular formula is C10H16N2O2S. The molecule has 1 saturated heterocycles. The van der Waals surface area contributed by atoms with Gasteiger partial charge in [-0.05, 0) is 12.8 Å². The largest absolute Gasteiger partial charge is 0.393 e. The Bertz CT molecular complexity index is 313. The molecule has 0 aromatic carbocycles. The van der Waals surface area contributed by atoms with E-state index in [1.165, 1.54) is 4.90 Å². The predicted octanol–water partition coefficient (Wildman–Crippen LogP) is 0.838. The molecule has 0 aliphatic carbocycles. The third kappa shape index (κ3) is 2.75. The zero-order valence-electron chi connectivity index (χ0n) is 9.08. The molecule has 0 spiro atoms. The molecule has 1 aliphatic rings. The minimum absolute atomic E-state index is 0.0876. The highest BCUT2D eigenvalue weighted by molar-refractivity contribution is 7.80. The van der Waals surface area contributed by atoms with Crippen LogP contribution in [-0.2, 0) is 9.59 Å². The number of imide groups is 1. The number of thiocarbonyl (C=S) groups is 1. The van der Waals surface area contributed by atoms with Crippen LogP contribution < -0.4 is 5.73 Å². The molecule has 1 heterocycles. The Labute approximate surface area is 94.8 Å². The monoisotopic (exact) mass is 228 g/mol. The van der Waals surface area contributed by atoms with Crippen LogP contribution in [0.5, 0.6) is 0 Å². The van der Waals surface area contributed by atoms with Gasteiger partial charge < -0.3 is 5.73 Å². The summed E-state index contributed by atoms with van der Waals surface area (Å²) >= 11 is 4.73. The standard InChI is InChI=1S/C10H16N2O2S/c1-10(2)6-8(13)12(9(10)14)5-3-4-7(11)15/h3-6H2,1-2H3,(H2,11,15). The summed E-state index contributed by atoms with van der Waals surface area (Å²) in [7, 11) is 0. The number of hydrogen-bond acceptors (Lipinski definition) is 3. The number of amides is 2. The van der Waals surface area contributed by atoms with E-state index in [0.717, 1.165) is 0 Å². The van der Waals surface area contributed by atoms with Gasteiger partial charge in [0.1, 0.15) is 0 Å². The van der Waals surface area contributed by atoms with Gasteiger partial charge in [-0.25, -0.2) is 0 Å². The van der Waals surface area contributed by atoms with Crippen molar-refractivity contribution in [3.63, 3.8) is 0 Å². The fraction of sp³-hybridized carbons (Fsp3) is 0.700. The molecule has 1 aliphatic heterocycles. The van der Waals surface area contributed by atoms with Crippen LogP contribution in [0.2, 0.25) is 0 Å². The van der Waals surface area contributed by atoms with Crippen molar-refractivity contribution in [3.05, 3.63) is 0 Å². The van der Waals surface area contributed by atoms with E-state index < -0.39 is 5.41 Å². The quantitative estimate of drug-likeness (QED) is 0.572. The highest BCUT2D eigenvalue weighted by Gasteiger charge is 2.44. The molecule has 0 aromatic heterocycles. The van der Waals surface area contributed by atoms with Crippen molar-refractivity contribution in [1.82, 2.24) is 4.90 Å². The second-order valence-corrected chi connectivity index (χ2v) is 5.01. The Morgan fingerprint density at radius 3 is 2.53 bits per heavy atom. The van der Waals surface area contributed by atoms with E-state index in [1.54, 1.807) is 13.8 Å². The summed E-state index contributed by atoms with van der Waals surface area (Å²) in [5, 5.41) is 0. The lowest BCUT2D eigenvalue weighted by Crippen LogP contribution is -2.34. The predicted molar refractivity (Wildman–Crippen MR) is 61.1 cm³/mol. The average Bonchev–Trinajstić information content (AvgIpc) is 2.26. The van der Waals surface area contributed by atoms with Gasteiger partial charge in [0.25, 0.3) is 0 Å². The molecule has 0 saturated carbocycles. The first kappa shape index (κ1) is 12.1. The van der Waals surface area contributed by atoms with E-state index in [-0.39, 0.29) is 11.8 Å². The minimum atomic E-state index is -0.541. The van der Waals surface area contributed by atoms with Gasteiger partial charge in [0.2, 0.25) is 11.8 Å². The summed E-state index contributed by atoms with van der Waals surface area (Å²) in [5.74, 6) is -0.177. The lowest BCUT2D eigenvalue weighted by molar-refractivity contribution is -0.140. The SMILES string of the molecule is CC1(C)CC(=O)N(CCCC(N)=S)C1=O. The molecule has 15 heavy (non-hydrogen) atoms. The van der Waals surface area contributed by atoms with Gasteiger partial charge in [0, 0.05) is 13.0 Å². The Hall–Kier alpha value is -0.970. The van der Waals surface area contributed by atoms with Crippen molar-refractivity contribution in [2.75, 3.05) is 6.54 Å². The van der Waals surface area contributed by atoms with Crippen molar-refractivity contribution >= 4 is 29.0 Å². The van der Waals surface area contributed by atoms with E-state index in [2.05, 4.69) is 0 Å². The highest BCUT2D eigenvalue weighted by atomic mass is 32.1. The van der Waals surface area contributed by atoms with Crippen LogP contribution in [0, 0.1) is 5.41 Å². The molecule has 0 atom stereocenters. The summed E-state index contributed by atoms with van der Waals surface area (Å²) in [6.45, 7) is 4.01. The summed E-state index contributed by atoms with van der Waals surface area (Å²) in [6, 6.07) is 0. The Balaban J connectivity index is 2.52. The molecule has 4 nitrogen and oxygen atoms in total. The maximum absolute atomic E-state index is 11.8. The molecule has 0 radical (unpaired) electrons. The van der Waals surface area contributed by atoms with E-state index in [9.17, 15) is 9.59 Å². The molecule has 0 bridgehead atoms. The molecule has 0 unspecified atom stereocenters. The van der Waals surface area contributed by atoms with Crippen molar-refractivity contribution < 1.29 is 9.59 Å². The Morgan fingerprint density at radius 2 is 2.13 bits per heavy atom. The van der Waals surface area contributed by atoms with Crippen molar-refractivity contribution in [2.45, 2.75) is 33.1 Å². The Kier molecular flexibility index (Phi) is 3.44. The number of hydrogen-bond donors (Lipinski definition) is 1. The first-order valence-electron chi connectivity index (χ1n) is 4.98. The maximum Gasteiger partial charge on any atom is 0.235 e. The summed E-state index contributed by atoms with van der Waals surface area (Å²) in [6.07, 6.45) is 1.54. The lowest BCUT2D eigenvalue weighted by atomic mass is 9.92. The summed E-state index contributed by atoms with van der Waals surface area (Å²) in [5.41, 5.74) is 4.80. The van der Waals surface area contributed by atoms with Crippen LogP contribution in [0.4, 0.5) is 0 Å². The van der Waals surface area contributed by atoms with Crippen molar-refractivity contribution in [3.8, 4) is 0 Å². The van der Waals surface area contributed by atoms with E-state index in [4.69, 9.17) is 18.0 Å². The topological polar surface area (TPSA) is 63.4 Å². The fourth-order valence-electron chi connectivity index (χ4n) is 1.67. The van der Waals surface area contributed by atoms with Gasteiger partial charge in [-0.2, -0.15) is 0 Å². The zero-order valence-corrected chi connectivity index (χ0v) is 9.89. The maximum atomic E-state index is 11.8. The van der Waals surface area contributed by atoms with Gasteiger partial charge >= 0.3 is 0 Å². The minimum Gasteiger partial charge on any atom is -0.393 e. The van der Waals surface area contributed by atoms with Gasteiger partial charge in [-0.15, -0.1) is 0 Å². The third-order valence-electron chi connectivity index (χ3n) is 2.52. The molecule has 0 aromatic rings. The van der Waals surface area contributed by atoms with Gasteiger partial charge in [0.05, 0.1) is 10.4 Å². The zero-order chi connectivity index (χ0) is 11.6. The molecular weight excluding hydrogens is 212 g/mol. The fourth-order valence-corrected chi connectivity index (χ4v) is 1.81. The molecule has 5 heteroatoms. The van der Waals surface area contributed by atoms with Crippen LogP contribution in [0.25, 0.3) is 0 Å². The van der Waals surface area contributed by atoms with Crippen LogP contribution in [-0.4, -0.2) is 28.2 Å². The van der Waals surface area contributed by atoms with E-state index in [0.29, 0.717) is 30.8 Å². The normalized spacial score (nSPS) is 19.7. The number of rotatable bonds is 4. The second kappa shape index (κ2) is 4.26. The third-order valence-corrected chi connectivity index (χ3v) is 2.73. The first-order chi connectivity index (χ1) is 6.84. The van der Waals surface area contributed by atoms with Gasteiger partial charge in [0.15, 0.2) is 0 Å². The average molecular weight is 228 g/mol. The summed E-state index contributed by atoms with van der Waals surface area (Å²) in [4.78, 5) is 25.0. The van der Waals surface area contributed by atoms with Crippen LogP contribution in [0.15, 0.2) is 0 Å².